The largest absolute Gasteiger partial charge is 0.338 e. The van der Waals surface area contributed by atoms with Gasteiger partial charge in [0.05, 0.1) is 6.54 Å². The van der Waals surface area contributed by atoms with Gasteiger partial charge in [-0.1, -0.05) is 6.07 Å². The summed E-state index contributed by atoms with van der Waals surface area (Å²) in [7, 11) is 2.11. The van der Waals surface area contributed by atoms with E-state index >= 15 is 0 Å². The molecule has 0 aliphatic carbocycles. The van der Waals surface area contributed by atoms with Gasteiger partial charge in [-0.15, -0.1) is 11.3 Å². The van der Waals surface area contributed by atoms with Crippen molar-refractivity contribution >= 4 is 17.2 Å². The van der Waals surface area contributed by atoms with E-state index in [1.807, 2.05) is 29.3 Å². The highest BCUT2D eigenvalue weighted by Gasteiger charge is 2.27. The lowest BCUT2D eigenvalue weighted by Crippen LogP contribution is -2.53. The Bertz CT molecular complexity index is 605. The SMILES string of the molecule is C[C@H]1CN(C)CCN1C(=O)c1cccn1Cc1cccs1. The molecule has 1 fully saturated rings. The van der Waals surface area contributed by atoms with Crippen LogP contribution in [0.4, 0.5) is 0 Å². The Morgan fingerprint density at radius 3 is 2.90 bits per heavy atom. The quantitative estimate of drug-likeness (QED) is 0.871. The lowest BCUT2D eigenvalue weighted by molar-refractivity contribution is 0.0523. The first kappa shape index (κ1) is 14.4. The molecule has 0 N–H and O–H groups in total. The van der Waals surface area contributed by atoms with Gasteiger partial charge in [0.2, 0.25) is 0 Å². The van der Waals surface area contributed by atoms with Gasteiger partial charge in [-0.3, -0.25) is 4.79 Å². The van der Waals surface area contributed by atoms with Crippen molar-refractivity contribution in [2.45, 2.75) is 19.5 Å². The molecule has 0 radical (unpaired) electrons. The van der Waals surface area contributed by atoms with E-state index in [0.29, 0.717) is 0 Å². The van der Waals surface area contributed by atoms with Crippen molar-refractivity contribution in [2.24, 2.45) is 0 Å². The molecule has 2 aromatic heterocycles. The molecule has 1 aliphatic rings. The van der Waals surface area contributed by atoms with Crippen LogP contribution in [0.3, 0.4) is 0 Å². The van der Waals surface area contributed by atoms with Crippen LogP contribution < -0.4 is 0 Å². The third kappa shape index (κ3) is 3.04. The number of carbonyl (C=O) groups excluding carboxylic acids is 1. The van der Waals surface area contributed by atoms with E-state index < -0.39 is 0 Å². The molecule has 1 aliphatic heterocycles. The number of aromatic nitrogens is 1. The number of thiophene rings is 1. The molecule has 3 heterocycles. The fraction of sp³-hybridized carbons (Fsp3) is 0.438. The molecule has 0 spiro atoms. The summed E-state index contributed by atoms with van der Waals surface area (Å²) in [5.74, 6) is 0.150. The van der Waals surface area contributed by atoms with E-state index in [1.165, 1.54) is 4.88 Å². The van der Waals surface area contributed by atoms with E-state index in [4.69, 9.17) is 0 Å². The lowest BCUT2D eigenvalue weighted by Gasteiger charge is -2.38. The highest BCUT2D eigenvalue weighted by atomic mass is 32.1. The van der Waals surface area contributed by atoms with Crippen LogP contribution in [0.2, 0.25) is 0 Å². The maximum atomic E-state index is 12.8. The number of hydrogen-bond acceptors (Lipinski definition) is 3. The van der Waals surface area contributed by atoms with Crippen LogP contribution in [-0.4, -0.2) is 53.0 Å². The van der Waals surface area contributed by atoms with Crippen molar-refractivity contribution in [3.8, 4) is 0 Å². The maximum absolute atomic E-state index is 12.8. The van der Waals surface area contributed by atoms with Gasteiger partial charge in [-0.05, 0) is 37.6 Å². The molecule has 112 valence electrons. The zero-order valence-electron chi connectivity index (χ0n) is 12.5. The van der Waals surface area contributed by atoms with Crippen molar-refractivity contribution in [1.82, 2.24) is 14.4 Å². The van der Waals surface area contributed by atoms with Gasteiger partial charge in [0, 0.05) is 36.8 Å². The summed E-state index contributed by atoms with van der Waals surface area (Å²) < 4.78 is 2.05. The van der Waals surface area contributed by atoms with Crippen LogP contribution >= 0.6 is 11.3 Å². The summed E-state index contributed by atoms with van der Waals surface area (Å²) in [6.45, 7) is 5.59. The third-order valence-electron chi connectivity index (χ3n) is 4.05. The molecule has 21 heavy (non-hydrogen) atoms. The molecule has 1 atom stereocenters. The minimum absolute atomic E-state index is 0.150. The molecule has 0 saturated carbocycles. The van der Waals surface area contributed by atoms with Crippen LogP contribution in [0, 0.1) is 0 Å². The molecule has 4 nitrogen and oxygen atoms in total. The average Bonchev–Trinajstić information content (AvgIpc) is 3.10. The second kappa shape index (κ2) is 6.03. The van der Waals surface area contributed by atoms with Crippen LogP contribution in [-0.2, 0) is 6.54 Å². The van der Waals surface area contributed by atoms with Gasteiger partial charge in [0.25, 0.3) is 5.91 Å². The Labute approximate surface area is 129 Å². The van der Waals surface area contributed by atoms with E-state index in [2.05, 4.69) is 34.9 Å². The molecule has 0 unspecified atom stereocenters. The lowest BCUT2D eigenvalue weighted by atomic mass is 10.2. The molecule has 5 heteroatoms. The predicted octanol–water partition coefficient (Wildman–Crippen LogP) is 2.37. The van der Waals surface area contributed by atoms with Gasteiger partial charge in [-0.2, -0.15) is 0 Å². The zero-order chi connectivity index (χ0) is 14.8. The molecular formula is C16H21N3OS. The summed E-state index contributed by atoms with van der Waals surface area (Å²) in [6, 6.07) is 8.31. The van der Waals surface area contributed by atoms with Crippen molar-refractivity contribution in [2.75, 3.05) is 26.7 Å². The summed E-state index contributed by atoms with van der Waals surface area (Å²) in [6.07, 6.45) is 1.99. The number of amides is 1. The number of rotatable bonds is 3. The fourth-order valence-electron chi connectivity index (χ4n) is 2.91. The van der Waals surface area contributed by atoms with Gasteiger partial charge < -0.3 is 14.4 Å². The Morgan fingerprint density at radius 1 is 1.33 bits per heavy atom. The van der Waals surface area contributed by atoms with Gasteiger partial charge in [0.1, 0.15) is 5.69 Å². The summed E-state index contributed by atoms with van der Waals surface area (Å²) in [5, 5.41) is 2.07. The fourth-order valence-corrected chi connectivity index (χ4v) is 3.61. The molecule has 0 bridgehead atoms. The number of piperazine rings is 1. The van der Waals surface area contributed by atoms with E-state index in [9.17, 15) is 4.79 Å². The van der Waals surface area contributed by atoms with Crippen LogP contribution in [0.25, 0.3) is 0 Å². The molecule has 0 aromatic carbocycles. The van der Waals surface area contributed by atoms with Crippen LogP contribution in [0.1, 0.15) is 22.3 Å². The zero-order valence-corrected chi connectivity index (χ0v) is 13.3. The number of nitrogens with zero attached hydrogens (tertiary/aromatic N) is 3. The van der Waals surface area contributed by atoms with Crippen molar-refractivity contribution < 1.29 is 4.79 Å². The first-order valence-corrected chi connectivity index (χ1v) is 8.20. The minimum Gasteiger partial charge on any atom is -0.338 e. The first-order chi connectivity index (χ1) is 10.1. The van der Waals surface area contributed by atoms with Crippen molar-refractivity contribution in [3.05, 3.63) is 46.4 Å². The maximum Gasteiger partial charge on any atom is 0.270 e. The summed E-state index contributed by atoms with van der Waals surface area (Å²) in [5.41, 5.74) is 0.791. The molecule has 1 amide bonds. The predicted molar refractivity (Wildman–Crippen MR) is 85.8 cm³/mol. The first-order valence-electron chi connectivity index (χ1n) is 7.32. The van der Waals surface area contributed by atoms with E-state index in [0.717, 1.165) is 31.9 Å². The van der Waals surface area contributed by atoms with E-state index in [-0.39, 0.29) is 11.9 Å². The van der Waals surface area contributed by atoms with Crippen molar-refractivity contribution in [1.29, 1.82) is 0 Å². The average molecular weight is 303 g/mol. The van der Waals surface area contributed by atoms with Gasteiger partial charge in [-0.25, -0.2) is 0 Å². The normalized spacial score (nSPS) is 19.9. The molecule has 3 rings (SSSR count). The van der Waals surface area contributed by atoms with Crippen molar-refractivity contribution in [3.63, 3.8) is 0 Å². The standard InChI is InChI=1S/C16H21N3OS/c1-13-11-17(2)8-9-19(13)16(20)15-6-3-7-18(15)12-14-5-4-10-21-14/h3-7,10,13H,8-9,11-12H2,1-2H3/t13-/m0/s1. The Kier molecular flexibility index (Phi) is 4.12. The van der Waals surface area contributed by atoms with Crippen LogP contribution in [0.5, 0.6) is 0 Å². The second-order valence-electron chi connectivity index (χ2n) is 5.71. The monoisotopic (exact) mass is 303 g/mol. The number of hydrogen-bond donors (Lipinski definition) is 0. The second-order valence-corrected chi connectivity index (χ2v) is 6.74. The molecule has 2 aromatic rings. The highest BCUT2D eigenvalue weighted by molar-refractivity contribution is 7.09. The minimum atomic E-state index is 0.150. The third-order valence-corrected chi connectivity index (χ3v) is 4.91. The van der Waals surface area contributed by atoms with Gasteiger partial charge >= 0.3 is 0 Å². The topological polar surface area (TPSA) is 28.5 Å². The smallest absolute Gasteiger partial charge is 0.270 e. The Balaban J connectivity index is 1.77. The Hall–Kier alpha value is -1.59. The molecule has 1 saturated heterocycles. The Morgan fingerprint density at radius 2 is 2.19 bits per heavy atom. The summed E-state index contributed by atoms with van der Waals surface area (Å²) >= 11 is 1.73. The van der Waals surface area contributed by atoms with Gasteiger partial charge in [0.15, 0.2) is 0 Å². The highest BCUT2D eigenvalue weighted by Crippen LogP contribution is 2.17. The number of likely N-dealkylation sites (N-methyl/N-ethyl adjacent to an activating group) is 1. The summed E-state index contributed by atoms with van der Waals surface area (Å²) in [4.78, 5) is 18.4. The van der Waals surface area contributed by atoms with E-state index in [1.54, 1.807) is 11.3 Å². The number of carbonyl (C=O) groups is 1. The van der Waals surface area contributed by atoms with Crippen LogP contribution in [0.15, 0.2) is 35.8 Å². The molecular weight excluding hydrogens is 282 g/mol.